The van der Waals surface area contributed by atoms with Gasteiger partial charge in [0, 0.05) is 30.2 Å². The van der Waals surface area contributed by atoms with Crippen LogP contribution in [-0.2, 0) is 11.2 Å². The third kappa shape index (κ3) is 4.73. The molecule has 0 aromatic heterocycles. The number of hydrogen-bond acceptors (Lipinski definition) is 2. The van der Waals surface area contributed by atoms with E-state index in [4.69, 9.17) is 0 Å². The zero-order valence-corrected chi connectivity index (χ0v) is 15.2. The van der Waals surface area contributed by atoms with Crippen LogP contribution in [0.2, 0.25) is 0 Å². The second-order valence-corrected chi connectivity index (χ2v) is 7.43. The minimum atomic E-state index is -0.377. The molecule has 0 bridgehead atoms. The molecular weight excluding hydrogens is 302 g/mol. The summed E-state index contributed by atoms with van der Waals surface area (Å²) in [4.78, 5) is 26.3. The third-order valence-electron chi connectivity index (χ3n) is 4.44. The topological polar surface area (TPSA) is 61.4 Å². The molecule has 0 aliphatic carbocycles. The largest absolute Gasteiger partial charge is 0.353 e. The van der Waals surface area contributed by atoms with Crippen molar-refractivity contribution >= 4 is 17.6 Å². The van der Waals surface area contributed by atoms with Crippen LogP contribution in [0.15, 0.2) is 24.3 Å². The highest BCUT2D eigenvalue weighted by molar-refractivity contribution is 5.90. The van der Waals surface area contributed by atoms with Crippen LogP contribution in [0.4, 0.5) is 10.5 Å². The molecule has 2 rings (SSSR count). The average Bonchev–Trinajstić information content (AvgIpc) is 2.55. The lowest BCUT2D eigenvalue weighted by Crippen LogP contribution is -2.49. The molecule has 132 valence electrons. The Morgan fingerprint density at radius 1 is 1.17 bits per heavy atom. The molecule has 0 atom stereocenters. The summed E-state index contributed by atoms with van der Waals surface area (Å²) in [6.07, 6.45) is 2.48. The summed E-state index contributed by atoms with van der Waals surface area (Å²) in [5, 5.41) is 6.10. The van der Waals surface area contributed by atoms with Crippen LogP contribution in [0, 0.1) is 5.41 Å². The summed E-state index contributed by atoms with van der Waals surface area (Å²) >= 11 is 0. The maximum atomic E-state index is 12.5. The molecule has 0 unspecified atom stereocenters. The highest BCUT2D eigenvalue weighted by Crippen LogP contribution is 2.19. The molecule has 2 N–H and O–H groups in total. The summed E-state index contributed by atoms with van der Waals surface area (Å²) < 4.78 is 0. The van der Waals surface area contributed by atoms with E-state index >= 15 is 0 Å². The predicted molar refractivity (Wildman–Crippen MR) is 97.0 cm³/mol. The van der Waals surface area contributed by atoms with Crippen molar-refractivity contribution in [3.63, 3.8) is 0 Å². The Kier molecular flexibility index (Phi) is 5.86. The van der Waals surface area contributed by atoms with Gasteiger partial charge in [0.2, 0.25) is 5.91 Å². The first-order valence-electron chi connectivity index (χ1n) is 8.76. The van der Waals surface area contributed by atoms with Gasteiger partial charge in [-0.05, 0) is 30.9 Å². The van der Waals surface area contributed by atoms with E-state index < -0.39 is 0 Å². The van der Waals surface area contributed by atoms with Crippen LogP contribution >= 0.6 is 0 Å². The smallest absolute Gasteiger partial charge is 0.321 e. The van der Waals surface area contributed by atoms with Gasteiger partial charge in [0.25, 0.3) is 0 Å². The fourth-order valence-electron chi connectivity index (χ4n) is 2.77. The van der Waals surface area contributed by atoms with Crippen LogP contribution in [0.25, 0.3) is 0 Å². The first-order valence-corrected chi connectivity index (χ1v) is 8.76. The molecule has 1 aliphatic rings. The second-order valence-electron chi connectivity index (χ2n) is 7.43. The Bertz CT molecular complexity index is 585. The van der Waals surface area contributed by atoms with Crippen molar-refractivity contribution < 1.29 is 9.59 Å². The highest BCUT2D eigenvalue weighted by atomic mass is 16.2. The Balaban J connectivity index is 1.86. The van der Waals surface area contributed by atoms with Gasteiger partial charge in [-0.3, -0.25) is 4.79 Å². The number of carbonyl (C=O) groups is 2. The predicted octanol–water partition coefficient (Wildman–Crippen LogP) is 3.41. The lowest BCUT2D eigenvalue weighted by molar-refractivity contribution is -0.129. The molecule has 0 radical (unpaired) electrons. The van der Waals surface area contributed by atoms with E-state index in [1.54, 1.807) is 0 Å². The van der Waals surface area contributed by atoms with Crippen molar-refractivity contribution in [2.75, 3.05) is 18.4 Å². The SMILES string of the molecule is CCc1ccccc1NC(=O)N1CCC(NC(=O)C(C)(C)C)CC1. The zero-order chi connectivity index (χ0) is 17.7. The van der Waals surface area contributed by atoms with Gasteiger partial charge in [0.15, 0.2) is 0 Å². The number of urea groups is 1. The quantitative estimate of drug-likeness (QED) is 0.891. The van der Waals surface area contributed by atoms with Crippen molar-refractivity contribution in [3.05, 3.63) is 29.8 Å². The molecule has 0 spiro atoms. The fraction of sp³-hybridized carbons (Fsp3) is 0.579. The average molecular weight is 331 g/mol. The Labute approximate surface area is 144 Å². The first kappa shape index (κ1) is 18.3. The van der Waals surface area contributed by atoms with E-state index in [1.165, 1.54) is 0 Å². The van der Waals surface area contributed by atoms with Gasteiger partial charge in [-0.15, -0.1) is 0 Å². The van der Waals surface area contributed by atoms with Gasteiger partial charge in [-0.25, -0.2) is 4.79 Å². The van der Waals surface area contributed by atoms with Crippen LogP contribution in [0.1, 0.15) is 46.1 Å². The summed E-state index contributed by atoms with van der Waals surface area (Å²) in [7, 11) is 0. The number of nitrogens with one attached hydrogen (secondary N) is 2. The van der Waals surface area contributed by atoms with Crippen molar-refractivity contribution in [1.82, 2.24) is 10.2 Å². The first-order chi connectivity index (χ1) is 11.3. The lowest BCUT2D eigenvalue weighted by Gasteiger charge is -2.33. The van der Waals surface area contributed by atoms with Crippen molar-refractivity contribution in [3.8, 4) is 0 Å². The summed E-state index contributed by atoms with van der Waals surface area (Å²) in [5.41, 5.74) is 1.64. The number of benzene rings is 1. The van der Waals surface area contributed by atoms with Gasteiger partial charge >= 0.3 is 6.03 Å². The molecule has 1 aliphatic heterocycles. The molecule has 24 heavy (non-hydrogen) atoms. The Morgan fingerprint density at radius 3 is 2.38 bits per heavy atom. The molecule has 5 heteroatoms. The molecule has 1 aromatic carbocycles. The highest BCUT2D eigenvalue weighted by Gasteiger charge is 2.28. The van der Waals surface area contributed by atoms with E-state index in [-0.39, 0.29) is 23.4 Å². The Hall–Kier alpha value is -2.04. The maximum Gasteiger partial charge on any atom is 0.321 e. The van der Waals surface area contributed by atoms with Gasteiger partial charge in [0.1, 0.15) is 0 Å². The summed E-state index contributed by atoms with van der Waals surface area (Å²) in [5.74, 6) is 0.0716. The normalized spacial score (nSPS) is 15.9. The monoisotopic (exact) mass is 331 g/mol. The maximum absolute atomic E-state index is 12.5. The number of amides is 3. The van der Waals surface area contributed by atoms with Crippen LogP contribution in [0.5, 0.6) is 0 Å². The van der Waals surface area contributed by atoms with Crippen LogP contribution in [-0.4, -0.2) is 36.0 Å². The van der Waals surface area contributed by atoms with E-state index in [9.17, 15) is 9.59 Å². The molecule has 1 saturated heterocycles. The second kappa shape index (κ2) is 7.69. The number of likely N-dealkylation sites (tertiary alicyclic amines) is 1. The molecule has 3 amide bonds. The molecule has 1 aromatic rings. The van der Waals surface area contributed by atoms with Crippen molar-refractivity contribution in [1.29, 1.82) is 0 Å². The number of piperidine rings is 1. The molecule has 5 nitrogen and oxygen atoms in total. The lowest BCUT2D eigenvalue weighted by atomic mass is 9.94. The Morgan fingerprint density at radius 2 is 1.79 bits per heavy atom. The minimum absolute atomic E-state index is 0.0588. The third-order valence-corrected chi connectivity index (χ3v) is 4.44. The molecule has 0 saturated carbocycles. The van der Waals surface area contributed by atoms with E-state index in [0.717, 1.165) is 30.5 Å². The molecule has 1 fully saturated rings. The zero-order valence-electron chi connectivity index (χ0n) is 15.2. The fourth-order valence-corrected chi connectivity index (χ4v) is 2.77. The van der Waals surface area contributed by atoms with Crippen molar-refractivity contribution in [2.24, 2.45) is 5.41 Å². The summed E-state index contributed by atoms with van der Waals surface area (Å²) in [6.45, 7) is 9.14. The van der Waals surface area contributed by atoms with E-state index in [2.05, 4.69) is 17.6 Å². The minimum Gasteiger partial charge on any atom is -0.353 e. The number of rotatable bonds is 3. The van der Waals surface area contributed by atoms with E-state index in [1.807, 2.05) is 49.9 Å². The number of carbonyl (C=O) groups excluding carboxylic acids is 2. The number of para-hydroxylation sites is 1. The van der Waals surface area contributed by atoms with E-state index in [0.29, 0.717) is 13.1 Å². The van der Waals surface area contributed by atoms with Gasteiger partial charge in [0.05, 0.1) is 0 Å². The number of hydrogen-bond donors (Lipinski definition) is 2. The number of nitrogens with zero attached hydrogens (tertiary/aromatic N) is 1. The van der Waals surface area contributed by atoms with Gasteiger partial charge in [-0.1, -0.05) is 45.9 Å². The number of anilines is 1. The molecular formula is C19H29N3O2. The van der Waals surface area contributed by atoms with Gasteiger partial charge in [-0.2, -0.15) is 0 Å². The standard InChI is InChI=1S/C19H29N3O2/c1-5-14-8-6-7-9-16(14)21-18(24)22-12-10-15(11-13-22)20-17(23)19(2,3)4/h6-9,15H,5,10-13H2,1-4H3,(H,20,23)(H,21,24). The molecule has 1 heterocycles. The van der Waals surface area contributed by atoms with Crippen LogP contribution < -0.4 is 10.6 Å². The van der Waals surface area contributed by atoms with Crippen molar-refractivity contribution in [2.45, 2.75) is 53.0 Å². The summed E-state index contributed by atoms with van der Waals surface area (Å²) in [6, 6.07) is 7.98. The van der Waals surface area contributed by atoms with Gasteiger partial charge < -0.3 is 15.5 Å². The van der Waals surface area contributed by atoms with Crippen LogP contribution in [0.3, 0.4) is 0 Å². The number of aryl methyl sites for hydroxylation is 1.